The molecule has 0 amide bonds. The SMILES string of the molecule is Cc1ccc(Cn2cnc3c2c(=O)n(Cc2ccccc2F)c(=O)n3-c2ccc(C(C)C)cc2)cc1. The molecule has 0 radical (unpaired) electrons. The molecule has 0 spiro atoms. The zero-order valence-corrected chi connectivity index (χ0v) is 20.5. The van der Waals surface area contributed by atoms with Gasteiger partial charge in [0.2, 0.25) is 0 Å². The van der Waals surface area contributed by atoms with Crippen LogP contribution in [0.1, 0.15) is 42.0 Å². The molecule has 0 saturated heterocycles. The lowest BCUT2D eigenvalue weighted by Crippen LogP contribution is -2.40. The van der Waals surface area contributed by atoms with Crippen LogP contribution in [0.2, 0.25) is 0 Å². The van der Waals surface area contributed by atoms with Crippen molar-refractivity contribution < 1.29 is 4.39 Å². The molecule has 6 nitrogen and oxygen atoms in total. The molecular weight excluding hydrogens is 455 g/mol. The number of hydrogen-bond donors (Lipinski definition) is 0. The highest BCUT2D eigenvalue weighted by atomic mass is 19.1. The van der Waals surface area contributed by atoms with E-state index in [1.807, 2.05) is 55.5 Å². The largest absolute Gasteiger partial charge is 0.337 e. The van der Waals surface area contributed by atoms with Gasteiger partial charge in [0.1, 0.15) is 5.82 Å². The summed E-state index contributed by atoms with van der Waals surface area (Å²) >= 11 is 0. The zero-order chi connectivity index (χ0) is 25.4. The maximum absolute atomic E-state index is 14.5. The van der Waals surface area contributed by atoms with E-state index < -0.39 is 17.1 Å². The quantitative estimate of drug-likeness (QED) is 0.342. The number of halogens is 1. The van der Waals surface area contributed by atoms with E-state index in [1.165, 1.54) is 10.6 Å². The van der Waals surface area contributed by atoms with Crippen molar-refractivity contribution in [2.45, 2.75) is 39.8 Å². The minimum absolute atomic E-state index is 0.180. The van der Waals surface area contributed by atoms with Crippen molar-refractivity contribution in [3.05, 3.63) is 128 Å². The van der Waals surface area contributed by atoms with E-state index in [2.05, 4.69) is 18.8 Å². The molecule has 2 aromatic heterocycles. The Labute approximate surface area is 207 Å². The van der Waals surface area contributed by atoms with Crippen LogP contribution in [0.4, 0.5) is 4.39 Å². The first-order valence-corrected chi connectivity index (χ1v) is 11.9. The van der Waals surface area contributed by atoms with Crippen LogP contribution in [0.15, 0.2) is 88.7 Å². The summed E-state index contributed by atoms with van der Waals surface area (Å²) in [5.74, 6) is -0.135. The second kappa shape index (κ2) is 9.41. The van der Waals surface area contributed by atoms with Crippen LogP contribution in [-0.2, 0) is 13.1 Å². The predicted molar refractivity (Wildman–Crippen MR) is 139 cm³/mol. The Morgan fingerprint density at radius 3 is 2.25 bits per heavy atom. The van der Waals surface area contributed by atoms with Gasteiger partial charge in [-0.15, -0.1) is 0 Å². The highest BCUT2D eigenvalue weighted by Gasteiger charge is 2.20. The van der Waals surface area contributed by atoms with Gasteiger partial charge in [-0.3, -0.25) is 9.36 Å². The Bertz CT molecular complexity index is 1660. The molecule has 0 bridgehead atoms. The fourth-order valence-corrected chi connectivity index (χ4v) is 4.37. The monoisotopic (exact) mass is 482 g/mol. The summed E-state index contributed by atoms with van der Waals surface area (Å²) in [7, 11) is 0. The van der Waals surface area contributed by atoms with Gasteiger partial charge in [-0.25, -0.2) is 18.7 Å². The molecule has 2 heterocycles. The second-order valence-corrected chi connectivity index (χ2v) is 9.38. The van der Waals surface area contributed by atoms with Crippen LogP contribution in [0.3, 0.4) is 0 Å². The summed E-state index contributed by atoms with van der Waals surface area (Å²) in [6.07, 6.45) is 1.58. The van der Waals surface area contributed by atoms with Gasteiger partial charge in [0.15, 0.2) is 11.2 Å². The Morgan fingerprint density at radius 2 is 1.58 bits per heavy atom. The maximum atomic E-state index is 14.5. The molecule has 0 saturated carbocycles. The van der Waals surface area contributed by atoms with E-state index in [9.17, 15) is 14.0 Å². The Morgan fingerprint density at radius 1 is 0.889 bits per heavy atom. The number of rotatable bonds is 6. The highest BCUT2D eigenvalue weighted by Crippen LogP contribution is 2.19. The van der Waals surface area contributed by atoms with Gasteiger partial charge in [0.25, 0.3) is 5.56 Å². The molecule has 36 heavy (non-hydrogen) atoms. The summed E-state index contributed by atoms with van der Waals surface area (Å²) in [5, 5.41) is 0. The molecule has 182 valence electrons. The van der Waals surface area contributed by atoms with Crippen molar-refractivity contribution in [1.29, 1.82) is 0 Å². The second-order valence-electron chi connectivity index (χ2n) is 9.38. The number of imidazole rings is 1. The van der Waals surface area contributed by atoms with Crippen LogP contribution >= 0.6 is 0 Å². The van der Waals surface area contributed by atoms with Crippen molar-refractivity contribution in [2.75, 3.05) is 0 Å². The van der Waals surface area contributed by atoms with E-state index in [1.54, 1.807) is 29.1 Å². The zero-order valence-electron chi connectivity index (χ0n) is 20.5. The van der Waals surface area contributed by atoms with Gasteiger partial charge in [-0.2, -0.15) is 0 Å². The number of aromatic nitrogens is 4. The lowest BCUT2D eigenvalue weighted by Gasteiger charge is -2.14. The van der Waals surface area contributed by atoms with Crippen LogP contribution in [0.5, 0.6) is 0 Å². The molecule has 0 aliphatic rings. The molecule has 3 aromatic carbocycles. The van der Waals surface area contributed by atoms with Gasteiger partial charge in [-0.05, 0) is 42.2 Å². The van der Waals surface area contributed by atoms with Crippen molar-refractivity contribution in [3.63, 3.8) is 0 Å². The maximum Gasteiger partial charge on any atom is 0.337 e. The summed E-state index contributed by atoms with van der Waals surface area (Å²) in [5.41, 5.74) is 3.64. The number of fused-ring (bicyclic) bond motifs is 1. The molecule has 0 unspecified atom stereocenters. The molecule has 7 heteroatoms. The van der Waals surface area contributed by atoms with Crippen LogP contribution < -0.4 is 11.2 Å². The summed E-state index contributed by atoms with van der Waals surface area (Å²) in [6.45, 7) is 6.44. The van der Waals surface area contributed by atoms with Gasteiger partial charge in [-0.1, -0.05) is 74.0 Å². The smallest absolute Gasteiger partial charge is 0.320 e. The first-order chi connectivity index (χ1) is 17.3. The highest BCUT2D eigenvalue weighted by molar-refractivity contribution is 5.72. The van der Waals surface area contributed by atoms with Crippen LogP contribution in [0.25, 0.3) is 16.9 Å². The Balaban J connectivity index is 1.74. The number of aryl methyl sites for hydroxylation is 1. The summed E-state index contributed by atoms with van der Waals surface area (Å²) in [6, 6.07) is 21.8. The lowest BCUT2D eigenvalue weighted by molar-refractivity contribution is 0.586. The topological polar surface area (TPSA) is 61.8 Å². The first-order valence-electron chi connectivity index (χ1n) is 11.9. The third kappa shape index (κ3) is 4.28. The van der Waals surface area contributed by atoms with Crippen molar-refractivity contribution in [3.8, 4) is 5.69 Å². The molecule has 0 aliphatic carbocycles. The standard InChI is InChI=1S/C29H27FN4O2/c1-19(2)22-12-14-24(15-13-22)34-27-26(32(18-31-27)16-21-10-8-20(3)9-11-21)28(35)33(29(34)36)17-23-6-4-5-7-25(23)30/h4-15,18-19H,16-17H2,1-3H3. The number of nitrogens with zero attached hydrogens (tertiary/aromatic N) is 4. The molecular formula is C29H27FN4O2. The average molecular weight is 483 g/mol. The van der Waals surface area contributed by atoms with Gasteiger partial charge >= 0.3 is 5.69 Å². The minimum Gasteiger partial charge on any atom is -0.320 e. The lowest BCUT2D eigenvalue weighted by atomic mass is 10.0. The normalized spacial score (nSPS) is 11.5. The minimum atomic E-state index is -0.561. The van der Waals surface area contributed by atoms with Gasteiger partial charge in [0.05, 0.1) is 18.6 Å². The van der Waals surface area contributed by atoms with Crippen molar-refractivity contribution in [1.82, 2.24) is 18.7 Å². The first kappa shape index (κ1) is 23.5. The van der Waals surface area contributed by atoms with Crippen molar-refractivity contribution >= 4 is 11.2 Å². The molecule has 0 N–H and O–H groups in total. The van der Waals surface area contributed by atoms with E-state index in [0.717, 1.165) is 21.3 Å². The van der Waals surface area contributed by atoms with Crippen LogP contribution in [0, 0.1) is 12.7 Å². The fraction of sp³-hybridized carbons (Fsp3) is 0.207. The van der Waals surface area contributed by atoms with E-state index in [4.69, 9.17) is 0 Å². The Kier molecular flexibility index (Phi) is 6.14. The summed E-state index contributed by atoms with van der Waals surface area (Å²) < 4.78 is 18.8. The van der Waals surface area contributed by atoms with Gasteiger partial charge < -0.3 is 4.57 Å². The van der Waals surface area contributed by atoms with Crippen molar-refractivity contribution in [2.24, 2.45) is 0 Å². The molecule has 0 atom stereocenters. The molecule has 5 aromatic rings. The number of hydrogen-bond acceptors (Lipinski definition) is 3. The van der Waals surface area contributed by atoms with E-state index in [0.29, 0.717) is 23.7 Å². The molecule has 0 fully saturated rings. The third-order valence-electron chi connectivity index (χ3n) is 6.48. The number of benzene rings is 3. The Hall–Kier alpha value is -4.26. The summed E-state index contributed by atoms with van der Waals surface area (Å²) in [4.78, 5) is 31.9. The van der Waals surface area contributed by atoms with E-state index in [-0.39, 0.29) is 17.8 Å². The fourth-order valence-electron chi connectivity index (χ4n) is 4.37. The van der Waals surface area contributed by atoms with E-state index >= 15 is 0 Å². The average Bonchev–Trinajstić information content (AvgIpc) is 3.28. The third-order valence-corrected chi connectivity index (χ3v) is 6.48. The predicted octanol–water partition coefficient (Wildman–Crippen LogP) is 5.02. The molecule has 0 aliphatic heterocycles. The van der Waals surface area contributed by atoms with Gasteiger partial charge in [0, 0.05) is 12.1 Å². The molecule has 5 rings (SSSR count). The van der Waals surface area contributed by atoms with Crippen LogP contribution in [-0.4, -0.2) is 18.7 Å².